The maximum atomic E-state index is 12.1. The van der Waals surface area contributed by atoms with Crippen LogP contribution in [0.2, 0.25) is 0 Å². The summed E-state index contributed by atoms with van der Waals surface area (Å²) in [6.07, 6.45) is -7.46. The molecule has 5 atom stereocenters. The third-order valence-corrected chi connectivity index (χ3v) is 3.84. The van der Waals surface area contributed by atoms with E-state index in [1.165, 1.54) is 0 Å². The summed E-state index contributed by atoms with van der Waals surface area (Å²) in [6, 6.07) is -1.55. The van der Waals surface area contributed by atoms with E-state index in [0.717, 1.165) is 7.05 Å². The molecule has 1 aliphatic heterocycles. The van der Waals surface area contributed by atoms with Crippen LogP contribution in [0.1, 0.15) is 6.23 Å². The predicted molar refractivity (Wildman–Crippen MR) is 76.4 cm³/mol. The first-order valence-corrected chi connectivity index (χ1v) is 6.73. The lowest BCUT2D eigenvalue weighted by Crippen LogP contribution is -2.50. The minimum Gasteiger partial charge on any atom is -0.394 e. The second-order valence-electron chi connectivity index (χ2n) is 5.29. The zero-order chi connectivity index (χ0) is 18.3. The third kappa shape index (κ3) is 2.57. The van der Waals surface area contributed by atoms with Crippen LogP contribution in [0.4, 0.5) is 11.5 Å². The topological polar surface area (TPSA) is 200 Å². The number of nitrogens with zero attached hydrogens (tertiary/aromatic N) is 3. The zero-order valence-corrected chi connectivity index (χ0v) is 12.3. The lowest BCUT2D eigenvalue weighted by Gasteiger charge is -2.27. The Hall–Kier alpha value is -2.32. The summed E-state index contributed by atoms with van der Waals surface area (Å²) in [5.41, 5.74) is -3.32. The summed E-state index contributed by atoms with van der Waals surface area (Å²) in [4.78, 5) is 34.0. The highest BCUT2D eigenvalue weighted by Crippen LogP contribution is 2.32. The van der Waals surface area contributed by atoms with Crippen LogP contribution in [0.3, 0.4) is 0 Å². The molecule has 2 heterocycles. The third-order valence-electron chi connectivity index (χ3n) is 3.84. The Morgan fingerprint density at radius 3 is 2.42 bits per heavy atom. The molecule has 0 amide bonds. The van der Waals surface area contributed by atoms with E-state index in [2.05, 4.69) is 5.32 Å². The number of fused-ring (bicyclic) bond motifs is 1. The van der Waals surface area contributed by atoms with E-state index in [0.29, 0.717) is 9.13 Å². The van der Waals surface area contributed by atoms with Gasteiger partial charge in [-0.05, 0) is 0 Å². The number of nitrogens with one attached hydrogen (secondary N) is 1. The molecule has 1 aliphatic rings. The summed E-state index contributed by atoms with van der Waals surface area (Å²) >= 11 is 0. The van der Waals surface area contributed by atoms with Gasteiger partial charge in [0.05, 0.1) is 11.5 Å². The van der Waals surface area contributed by atoms with Crippen molar-refractivity contribution in [3.8, 4) is 0 Å². The maximum absolute atomic E-state index is 12.1. The Balaban J connectivity index is 2.54. The normalized spacial score (nSPS) is 23.2. The molecule has 0 unspecified atom stereocenters. The van der Waals surface area contributed by atoms with Crippen LogP contribution in [-0.4, -0.2) is 70.6 Å². The molecule has 0 saturated heterocycles. The van der Waals surface area contributed by atoms with Crippen molar-refractivity contribution in [2.24, 2.45) is 7.05 Å². The Labute approximate surface area is 132 Å². The minimum absolute atomic E-state index is 0.417. The second-order valence-corrected chi connectivity index (χ2v) is 5.29. The van der Waals surface area contributed by atoms with E-state index in [9.17, 15) is 40.1 Å². The van der Waals surface area contributed by atoms with Gasteiger partial charge in [-0.15, -0.1) is 0 Å². The van der Waals surface area contributed by atoms with E-state index in [1.807, 2.05) is 0 Å². The van der Waals surface area contributed by atoms with E-state index >= 15 is 0 Å². The summed E-state index contributed by atoms with van der Waals surface area (Å²) < 4.78 is 0.908. The van der Waals surface area contributed by atoms with E-state index < -0.39 is 64.9 Å². The van der Waals surface area contributed by atoms with Crippen LogP contribution < -0.4 is 16.6 Å². The summed E-state index contributed by atoms with van der Waals surface area (Å²) in [5.74, 6) is -0.629. The van der Waals surface area contributed by atoms with Crippen molar-refractivity contribution in [1.29, 1.82) is 0 Å². The lowest BCUT2D eigenvalue weighted by molar-refractivity contribution is -0.386. The maximum Gasteiger partial charge on any atom is 0.374 e. The zero-order valence-electron chi connectivity index (χ0n) is 12.3. The van der Waals surface area contributed by atoms with Crippen molar-refractivity contribution in [3.05, 3.63) is 31.0 Å². The molecule has 1 aromatic heterocycles. The van der Waals surface area contributed by atoms with Crippen molar-refractivity contribution in [1.82, 2.24) is 9.13 Å². The smallest absolute Gasteiger partial charge is 0.374 e. The van der Waals surface area contributed by atoms with Gasteiger partial charge in [0, 0.05) is 7.05 Å². The molecule has 0 aliphatic carbocycles. The van der Waals surface area contributed by atoms with Gasteiger partial charge in [-0.25, -0.2) is 9.36 Å². The molecule has 0 bridgehead atoms. The van der Waals surface area contributed by atoms with Gasteiger partial charge < -0.3 is 30.8 Å². The fourth-order valence-electron chi connectivity index (χ4n) is 2.47. The Kier molecular flexibility index (Phi) is 4.73. The van der Waals surface area contributed by atoms with Gasteiger partial charge in [0.2, 0.25) is 0 Å². The first-order valence-electron chi connectivity index (χ1n) is 6.73. The molecule has 0 radical (unpaired) electrons. The van der Waals surface area contributed by atoms with Crippen LogP contribution in [-0.2, 0) is 7.05 Å². The molecule has 1 aromatic rings. The molecule has 24 heavy (non-hydrogen) atoms. The molecule has 13 nitrogen and oxygen atoms in total. The van der Waals surface area contributed by atoms with Crippen molar-refractivity contribution >= 4 is 11.5 Å². The van der Waals surface area contributed by atoms with Crippen molar-refractivity contribution < 1.29 is 30.5 Å². The van der Waals surface area contributed by atoms with Crippen LogP contribution in [0.5, 0.6) is 0 Å². The molecule has 6 N–H and O–H groups in total. The van der Waals surface area contributed by atoms with Crippen LogP contribution in [0, 0.1) is 10.1 Å². The molecule has 2 rings (SSSR count). The minimum atomic E-state index is -1.92. The molecule has 13 heteroatoms. The molecule has 134 valence electrons. The van der Waals surface area contributed by atoms with Gasteiger partial charge in [-0.2, -0.15) is 0 Å². The van der Waals surface area contributed by atoms with Crippen molar-refractivity contribution in [2.75, 3.05) is 11.9 Å². The Morgan fingerprint density at radius 2 is 1.92 bits per heavy atom. The number of hydrogen-bond acceptors (Lipinski definition) is 10. The van der Waals surface area contributed by atoms with E-state index in [4.69, 9.17) is 5.11 Å². The van der Waals surface area contributed by atoms with Crippen LogP contribution >= 0.6 is 0 Å². The number of rotatable bonds is 5. The van der Waals surface area contributed by atoms with Crippen molar-refractivity contribution in [2.45, 2.75) is 30.6 Å². The largest absolute Gasteiger partial charge is 0.394 e. The molecule has 0 aromatic carbocycles. The van der Waals surface area contributed by atoms with Gasteiger partial charge in [0.1, 0.15) is 24.4 Å². The molecular weight excluding hydrogens is 332 g/mol. The number of aromatic nitrogens is 2. The highest BCUT2D eigenvalue weighted by atomic mass is 16.6. The number of aliphatic hydroxyl groups is 5. The molecule has 0 saturated carbocycles. The first-order chi connectivity index (χ1) is 11.1. The lowest BCUT2D eigenvalue weighted by atomic mass is 10.0. The van der Waals surface area contributed by atoms with Gasteiger partial charge in [0.25, 0.3) is 0 Å². The van der Waals surface area contributed by atoms with E-state index in [1.54, 1.807) is 0 Å². The standard InChI is InChI=1S/C11H16N4O9/c1-13-10(21)5(15(23)24)8-12-4(9(20)14(8)11(13)22)7(19)6(18)3(17)2-16/h3-4,6-7,9,12,16-20H,2H2,1H3/t3-,4-,6-,7+,9-/m1/s1. The average molecular weight is 348 g/mol. The predicted octanol–water partition coefficient (Wildman–Crippen LogP) is -4.18. The fraction of sp³-hybridized carbons (Fsp3) is 0.636. The Bertz CT molecular complexity index is 772. The van der Waals surface area contributed by atoms with Gasteiger partial charge in [-0.1, -0.05) is 0 Å². The Morgan fingerprint density at radius 1 is 1.33 bits per heavy atom. The molecule has 0 fully saturated rings. The first kappa shape index (κ1) is 18.0. The second kappa shape index (κ2) is 6.29. The highest BCUT2D eigenvalue weighted by molar-refractivity contribution is 5.58. The van der Waals surface area contributed by atoms with Gasteiger partial charge in [-0.3, -0.25) is 19.5 Å². The van der Waals surface area contributed by atoms with Gasteiger partial charge in [0.15, 0.2) is 12.0 Å². The highest BCUT2D eigenvalue weighted by Gasteiger charge is 2.45. The SMILES string of the molecule is Cn1c(=O)c([N+](=O)[O-])c2n(c1=O)[C@H](O)[C@@H]([C@H](O)[C@H](O)[C@H](O)CO)N2. The fourth-order valence-corrected chi connectivity index (χ4v) is 2.47. The van der Waals surface area contributed by atoms with Crippen molar-refractivity contribution in [3.63, 3.8) is 0 Å². The van der Waals surface area contributed by atoms with E-state index in [-0.39, 0.29) is 0 Å². The number of aliphatic hydroxyl groups excluding tert-OH is 5. The summed E-state index contributed by atoms with van der Waals surface area (Å²) in [6.45, 7) is -0.895. The van der Waals surface area contributed by atoms with Crippen LogP contribution in [0.15, 0.2) is 9.59 Å². The van der Waals surface area contributed by atoms with Gasteiger partial charge >= 0.3 is 16.9 Å². The monoisotopic (exact) mass is 348 g/mol. The number of hydrogen-bond donors (Lipinski definition) is 6. The number of nitro groups is 1. The van der Waals surface area contributed by atoms with Crippen LogP contribution in [0.25, 0.3) is 0 Å². The molecule has 0 spiro atoms. The summed E-state index contributed by atoms with van der Waals surface area (Å²) in [5, 5.41) is 61.3. The summed E-state index contributed by atoms with van der Waals surface area (Å²) in [7, 11) is 0.978. The quantitative estimate of drug-likeness (QED) is 0.224. The molecular formula is C11H16N4O9. The average Bonchev–Trinajstić information content (AvgIpc) is 2.87. The number of anilines is 1.